The molecule has 112 valence electrons. The molecule has 1 heterocycles. The summed E-state index contributed by atoms with van der Waals surface area (Å²) in [6, 6.07) is 5.29. The highest BCUT2D eigenvalue weighted by Crippen LogP contribution is 2.37. The molecule has 6 nitrogen and oxygen atoms in total. The molecule has 7 heteroatoms. The molecule has 0 saturated heterocycles. The molecule has 0 unspecified atom stereocenters. The third kappa shape index (κ3) is 3.14. The van der Waals surface area contributed by atoms with Gasteiger partial charge in [-0.3, -0.25) is 0 Å². The van der Waals surface area contributed by atoms with Crippen LogP contribution in [0.2, 0.25) is 0 Å². The molecule has 0 spiro atoms. The summed E-state index contributed by atoms with van der Waals surface area (Å²) in [7, 11) is 4.61. The predicted molar refractivity (Wildman–Crippen MR) is 78.3 cm³/mol. The minimum atomic E-state index is -1.02. The Morgan fingerprint density at radius 1 is 1.29 bits per heavy atom. The molecule has 0 saturated carbocycles. The predicted octanol–water partition coefficient (Wildman–Crippen LogP) is 2.67. The van der Waals surface area contributed by atoms with Crippen LogP contribution in [0.25, 0.3) is 10.6 Å². The number of benzene rings is 1. The van der Waals surface area contributed by atoms with Crippen LogP contribution in [0.15, 0.2) is 18.2 Å². The normalized spacial score (nSPS) is 10.4. The highest BCUT2D eigenvalue weighted by molar-refractivity contribution is 7.17. The first-order chi connectivity index (χ1) is 10.1. The Bertz CT molecular complexity index is 653. The Hall–Kier alpha value is -2.12. The zero-order valence-corrected chi connectivity index (χ0v) is 12.7. The summed E-state index contributed by atoms with van der Waals surface area (Å²) in [6.07, 6.45) is 0. The molecular formula is C14H15NO5S. The molecule has 0 aliphatic heterocycles. The number of thiazole rings is 1. The molecule has 1 aromatic heterocycles. The Morgan fingerprint density at radius 2 is 2.05 bits per heavy atom. The van der Waals surface area contributed by atoms with Crippen molar-refractivity contribution in [2.75, 3.05) is 21.3 Å². The van der Waals surface area contributed by atoms with Crippen LogP contribution >= 0.6 is 11.3 Å². The van der Waals surface area contributed by atoms with E-state index in [9.17, 15) is 9.90 Å². The average Bonchev–Trinajstić information content (AvgIpc) is 2.91. The van der Waals surface area contributed by atoms with Crippen molar-refractivity contribution < 1.29 is 24.1 Å². The van der Waals surface area contributed by atoms with E-state index in [4.69, 9.17) is 14.2 Å². The number of ether oxygens (including phenoxy) is 3. The van der Waals surface area contributed by atoms with E-state index < -0.39 is 5.97 Å². The van der Waals surface area contributed by atoms with Crippen molar-refractivity contribution >= 4 is 17.3 Å². The van der Waals surface area contributed by atoms with Gasteiger partial charge in [-0.05, 0) is 18.2 Å². The topological polar surface area (TPSA) is 77.9 Å². The molecule has 0 aliphatic rings. The van der Waals surface area contributed by atoms with Crippen LogP contribution in [-0.2, 0) is 11.3 Å². The lowest BCUT2D eigenvalue weighted by molar-refractivity contribution is 0.0697. The lowest BCUT2D eigenvalue weighted by Gasteiger charge is -2.08. The van der Waals surface area contributed by atoms with Crippen LogP contribution < -0.4 is 9.47 Å². The van der Waals surface area contributed by atoms with E-state index in [2.05, 4.69) is 4.98 Å². The van der Waals surface area contributed by atoms with Crippen LogP contribution in [0, 0.1) is 0 Å². The first kappa shape index (κ1) is 15.3. The molecule has 0 radical (unpaired) electrons. The second-order valence-corrected chi connectivity index (χ2v) is 5.10. The van der Waals surface area contributed by atoms with E-state index in [1.54, 1.807) is 32.4 Å². The molecule has 2 aromatic rings. The maximum Gasteiger partial charge on any atom is 0.347 e. The van der Waals surface area contributed by atoms with Gasteiger partial charge >= 0.3 is 5.97 Å². The SMILES string of the molecule is COCc1nc(-c2cc(OC)ccc2OC)sc1C(=O)O. The van der Waals surface area contributed by atoms with Crippen LogP contribution in [0.5, 0.6) is 11.5 Å². The molecule has 0 bridgehead atoms. The van der Waals surface area contributed by atoms with E-state index in [1.165, 1.54) is 7.11 Å². The van der Waals surface area contributed by atoms with Crippen LogP contribution in [0.4, 0.5) is 0 Å². The van der Waals surface area contributed by atoms with Gasteiger partial charge in [0, 0.05) is 7.11 Å². The summed E-state index contributed by atoms with van der Waals surface area (Å²) in [6.45, 7) is 0.143. The highest BCUT2D eigenvalue weighted by atomic mass is 32.1. The summed E-state index contributed by atoms with van der Waals surface area (Å²) in [5.41, 5.74) is 1.08. The Kier molecular flexibility index (Phi) is 4.77. The van der Waals surface area contributed by atoms with Crippen LogP contribution in [0.1, 0.15) is 15.4 Å². The quantitative estimate of drug-likeness (QED) is 0.884. The second kappa shape index (κ2) is 6.55. The molecule has 1 aromatic carbocycles. The van der Waals surface area contributed by atoms with Crippen molar-refractivity contribution in [2.45, 2.75) is 6.61 Å². The molecule has 1 N–H and O–H groups in total. The Morgan fingerprint density at radius 3 is 2.62 bits per heavy atom. The Labute approximate surface area is 125 Å². The number of carboxylic acids is 1. The van der Waals surface area contributed by atoms with Crippen molar-refractivity contribution in [3.63, 3.8) is 0 Å². The third-order valence-corrected chi connectivity index (χ3v) is 3.93. The van der Waals surface area contributed by atoms with Gasteiger partial charge in [0.15, 0.2) is 0 Å². The van der Waals surface area contributed by atoms with Crippen molar-refractivity contribution in [3.8, 4) is 22.1 Å². The maximum absolute atomic E-state index is 11.3. The van der Waals surface area contributed by atoms with Crippen LogP contribution in [-0.4, -0.2) is 37.4 Å². The lowest BCUT2D eigenvalue weighted by atomic mass is 10.2. The largest absolute Gasteiger partial charge is 0.497 e. The first-order valence-corrected chi connectivity index (χ1v) is 6.86. The monoisotopic (exact) mass is 309 g/mol. The molecular weight excluding hydrogens is 294 g/mol. The third-order valence-electron chi connectivity index (χ3n) is 2.81. The van der Waals surface area contributed by atoms with Gasteiger partial charge in [-0.15, -0.1) is 11.3 Å². The number of rotatable bonds is 6. The zero-order valence-electron chi connectivity index (χ0n) is 11.9. The van der Waals surface area contributed by atoms with E-state index in [1.807, 2.05) is 0 Å². The molecule has 0 amide bonds. The number of carbonyl (C=O) groups is 1. The number of aromatic carboxylic acids is 1. The molecule has 21 heavy (non-hydrogen) atoms. The number of carboxylic acid groups (broad SMARTS) is 1. The maximum atomic E-state index is 11.3. The van der Waals surface area contributed by atoms with E-state index in [0.717, 1.165) is 11.3 Å². The fourth-order valence-electron chi connectivity index (χ4n) is 1.85. The van der Waals surface area contributed by atoms with Gasteiger partial charge in [-0.1, -0.05) is 0 Å². The van der Waals surface area contributed by atoms with Gasteiger partial charge in [0.2, 0.25) is 0 Å². The number of aromatic nitrogens is 1. The van der Waals surface area contributed by atoms with Crippen molar-refractivity contribution in [1.82, 2.24) is 4.98 Å². The molecule has 0 atom stereocenters. The Balaban J connectivity index is 2.55. The fraction of sp³-hybridized carbons (Fsp3) is 0.286. The van der Waals surface area contributed by atoms with Crippen molar-refractivity contribution in [1.29, 1.82) is 0 Å². The first-order valence-electron chi connectivity index (χ1n) is 6.05. The van der Waals surface area contributed by atoms with Gasteiger partial charge in [-0.2, -0.15) is 0 Å². The minimum Gasteiger partial charge on any atom is -0.497 e. The van der Waals surface area contributed by atoms with Crippen molar-refractivity contribution in [3.05, 3.63) is 28.8 Å². The molecule has 2 rings (SSSR count). The second-order valence-electron chi connectivity index (χ2n) is 4.10. The number of hydrogen-bond donors (Lipinski definition) is 1. The van der Waals surface area contributed by atoms with E-state index in [-0.39, 0.29) is 11.5 Å². The van der Waals surface area contributed by atoms with Crippen molar-refractivity contribution in [2.24, 2.45) is 0 Å². The highest BCUT2D eigenvalue weighted by Gasteiger charge is 2.20. The smallest absolute Gasteiger partial charge is 0.347 e. The van der Waals surface area contributed by atoms with E-state index >= 15 is 0 Å². The summed E-state index contributed by atoms with van der Waals surface area (Å²) in [5, 5.41) is 9.79. The summed E-state index contributed by atoms with van der Waals surface area (Å²) in [5.74, 6) is 0.226. The fourth-order valence-corrected chi connectivity index (χ4v) is 2.78. The van der Waals surface area contributed by atoms with Gasteiger partial charge in [0.25, 0.3) is 0 Å². The summed E-state index contributed by atoms with van der Waals surface area (Å²) < 4.78 is 15.5. The summed E-state index contributed by atoms with van der Waals surface area (Å²) >= 11 is 1.08. The number of hydrogen-bond acceptors (Lipinski definition) is 6. The standard InChI is InChI=1S/C14H15NO5S/c1-18-7-10-12(14(16)17)21-13(15-10)9-6-8(19-2)4-5-11(9)20-3/h4-6H,7H2,1-3H3,(H,16,17). The molecule has 0 fully saturated rings. The van der Waals surface area contributed by atoms with E-state index in [0.29, 0.717) is 27.8 Å². The number of nitrogens with zero attached hydrogens (tertiary/aromatic N) is 1. The zero-order chi connectivity index (χ0) is 15.4. The number of methoxy groups -OCH3 is 3. The van der Waals surface area contributed by atoms with Gasteiger partial charge in [-0.25, -0.2) is 9.78 Å². The summed E-state index contributed by atoms with van der Waals surface area (Å²) in [4.78, 5) is 15.8. The van der Waals surface area contributed by atoms with Crippen LogP contribution in [0.3, 0.4) is 0 Å². The van der Waals surface area contributed by atoms with Gasteiger partial charge < -0.3 is 19.3 Å². The van der Waals surface area contributed by atoms with Gasteiger partial charge in [0.05, 0.1) is 32.1 Å². The average molecular weight is 309 g/mol. The molecule has 0 aliphatic carbocycles. The van der Waals surface area contributed by atoms with Gasteiger partial charge in [0.1, 0.15) is 21.4 Å². The lowest BCUT2D eigenvalue weighted by Crippen LogP contribution is -1.99. The minimum absolute atomic E-state index is 0.143.